The zero-order valence-electron chi connectivity index (χ0n) is 5.77. The molecular weight excluding hydrogens is 181 g/mol. The highest BCUT2D eigenvalue weighted by Gasteiger charge is 1.97. The lowest BCUT2D eigenvalue weighted by atomic mass is 10.3. The highest BCUT2D eigenvalue weighted by molar-refractivity contribution is 6.35. The Labute approximate surface area is 75.6 Å². The number of hydrogen-bond donors (Lipinski definition) is 1. The molecule has 0 fully saturated rings. The molecule has 1 rings (SSSR count). The Balaban J connectivity index is 3.01. The normalized spacial score (nSPS) is 9.27. The van der Waals surface area contributed by atoms with E-state index in [1.54, 1.807) is 24.4 Å². The third-order valence-corrected chi connectivity index (χ3v) is 1.75. The molecule has 0 saturated heterocycles. The van der Waals surface area contributed by atoms with Crippen molar-refractivity contribution in [1.82, 2.24) is 0 Å². The zero-order chi connectivity index (χ0) is 8.27. The number of anilines is 1. The van der Waals surface area contributed by atoms with E-state index in [0.29, 0.717) is 10.0 Å². The molecular formula is C8H7Cl2N. The van der Waals surface area contributed by atoms with Gasteiger partial charge >= 0.3 is 0 Å². The minimum absolute atomic E-state index is 0.634. The third kappa shape index (κ3) is 2.14. The van der Waals surface area contributed by atoms with Gasteiger partial charge in [0.1, 0.15) is 0 Å². The van der Waals surface area contributed by atoms with Crippen molar-refractivity contribution in [3.63, 3.8) is 0 Å². The molecule has 1 nitrogen and oxygen atoms in total. The van der Waals surface area contributed by atoms with E-state index >= 15 is 0 Å². The first-order chi connectivity index (χ1) is 5.24. The summed E-state index contributed by atoms with van der Waals surface area (Å²) in [4.78, 5) is 0. The van der Waals surface area contributed by atoms with Crippen LogP contribution in [0.15, 0.2) is 31.0 Å². The quantitative estimate of drug-likeness (QED) is 0.748. The van der Waals surface area contributed by atoms with Crippen LogP contribution in [-0.2, 0) is 0 Å². The van der Waals surface area contributed by atoms with Gasteiger partial charge in [0.25, 0.3) is 0 Å². The maximum Gasteiger partial charge on any atom is 0.0641 e. The monoisotopic (exact) mass is 187 g/mol. The van der Waals surface area contributed by atoms with Gasteiger partial charge in [0, 0.05) is 5.02 Å². The van der Waals surface area contributed by atoms with E-state index in [4.69, 9.17) is 23.2 Å². The molecule has 0 aliphatic rings. The summed E-state index contributed by atoms with van der Waals surface area (Å²) in [6.45, 7) is 3.51. The van der Waals surface area contributed by atoms with Crippen LogP contribution < -0.4 is 5.32 Å². The number of rotatable bonds is 2. The lowest BCUT2D eigenvalue weighted by Crippen LogP contribution is -1.86. The van der Waals surface area contributed by atoms with Crippen LogP contribution in [0.25, 0.3) is 0 Å². The molecule has 1 aromatic rings. The second-order valence-electron chi connectivity index (χ2n) is 1.97. The zero-order valence-corrected chi connectivity index (χ0v) is 7.28. The third-order valence-electron chi connectivity index (χ3n) is 1.19. The van der Waals surface area contributed by atoms with E-state index < -0.39 is 0 Å². The van der Waals surface area contributed by atoms with Crippen molar-refractivity contribution in [2.24, 2.45) is 0 Å². The summed E-state index contributed by atoms with van der Waals surface area (Å²) in [5.41, 5.74) is 0.772. The van der Waals surface area contributed by atoms with Gasteiger partial charge in [0.05, 0.1) is 10.7 Å². The van der Waals surface area contributed by atoms with E-state index in [0.717, 1.165) is 5.69 Å². The van der Waals surface area contributed by atoms with Crippen LogP contribution in [0.2, 0.25) is 10.0 Å². The van der Waals surface area contributed by atoms with Crippen molar-refractivity contribution in [2.45, 2.75) is 0 Å². The molecule has 0 heterocycles. The van der Waals surface area contributed by atoms with Crippen molar-refractivity contribution in [2.75, 3.05) is 5.32 Å². The molecule has 0 saturated carbocycles. The van der Waals surface area contributed by atoms with Gasteiger partial charge in [-0.05, 0) is 24.4 Å². The smallest absolute Gasteiger partial charge is 0.0641 e. The molecule has 0 unspecified atom stereocenters. The molecule has 0 aromatic heterocycles. The first kappa shape index (κ1) is 8.44. The summed E-state index contributed by atoms with van der Waals surface area (Å²) in [6.07, 6.45) is 1.55. The topological polar surface area (TPSA) is 12.0 Å². The molecule has 11 heavy (non-hydrogen) atoms. The predicted molar refractivity (Wildman–Crippen MR) is 50.3 cm³/mol. The van der Waals surface area contributed by atoms with Crippen LogP contribution in [-0.4, -0.2) is 0 Å². The maximum absolute atomic E-state index is 5.81. The fraction of sp³-hybridized carbons (Fsp3) is 0. The second kappa shape index (κ2) is 3.65. The molecule has 0 spiro atoms. The van der Waals surface area contributed by atoms with Crippen LogP contribution in [0, 0.1) is 0 Å². The Morgan fingerprint density at radius 2 is 2.09 bits per heavy atom. The van der Waals surface area contributed by atoms with Crippen LogP contribution in [0.5, 0.6) is 0 Å². The Kier molecular flexibility index (Phi) is 2.80. The van der Waals surface area contributed by atoms with E-state index in [-0.39, 0.29) is 0 Å². The molecule has 58 valence electrons. The Hall–Kier alpha value is -0.660. The lowest BCUT2D eigenvalue weighted by molar-refractivity contribution is 1.59. The van der Waals surface area contributed by atoms with Crippen molar-refractivity contribution in [1.29, 1.82) is 0 Å². The first-order valence-electron chi connectivity index (χ1n) is 3.06. The maximum atomic E-state index is 5.81. The Bertz CT molecular complexity index is 271. The molecule has 0 aliphatic heterocycles. The molecule has 1 aromatic carbocycles. The van der Waals surface area contributed by atoms with Gasteiger partial charge in [-0.3, -0.25) is 0 Å². The molecule has 0 radical (unpaired) electrons. The Morgan fingerprint density at radius 1 is 1.36 bits per heavy atom. The Morgan fingerprint density at radius 3 is 2.73 bits per heavy atom. The second-order valence-corrected chi connectivity index (χ2v) is 2.82. The fourth-order valence-electron chi connectivity index (χ4n) is 0.718. The molecule has 3 heteroatoms. The van der Waals surface area contributed by atoms with Crippen LogP contribution in [0.4, 0.5) is 5.69 Å². The van der Waals surface area contributed by atoms with Gasteiger partial charge < -0.3 is 5.32 Å². The predicted octanol–water partition coefficient (Wildman–Crippen LogP) is 3.55. The minimum Gasteiger partial charge on any atom is -0.361 e. The number of hydrogen-bond acceptors (Lipinski definition) is 1. The standard InChI is InChI=1S/C8H7Cl2N/c1-2-11-8-5-6(9)3-4-7(8)10/h2-5,11H,1H2. The molecule has 0 amide bonds. The average Bonchev–Trinajstić information content (AvgIpc) is 1.98. The van der Waals surface area contributed by atoms with E-state index in [1.807, 2.05) is 0 Å². The van der Waals surface area contributed by atoms with Gasteiger partial charge in [-0.1, -0.05) is 29.8 Å². The molecule has 0 atom stereocenters. The molecule has 1 N–H and O–H groups in total. The van der Waals surface area contributed by atoms with Gasteiger partial charge in [-0.15, -0.1) is 0 Å². The summed E-state index contributed by atoms with van der Waals surface area (Å²) < 4.78 is 0. The van der Waals surface area contributed by atoms with E-state index in [2.05, 4.69) is 11.9 Å². The largest absolute Gasteiger partial charge is 0.361 e. The van der Waals surface area contributed by atoms with Crippen molar-refractivity contribution < 1.29 is 0 Å². The van der Waals surface area contributed by atoms with Crippen molar-refractivity contribution >= 4 is 28.9 Å². The molecule has 0 aliphatic carbocycles. The van der Waals surface area contributed by atoms with Gasteiger partial charge in [0.15, 0.2) is 0 Å². The van der Waals surface area contributed by atoms with Crippen LogP contribution >= 0.6 is 23.2 Å². The summed E-state index contributed by atoms with van der Waals surface area (Å²) in [5, 5.41) is 4.15. The van der Waals surface area contributed by atoms with Gasteiger partial charge in [-0.2, -0.15) is 0 Å². The fourth-order valence-corrected chi connectivity index (χ4v) is 1.06. The number of nitrogens with one attached hydrogen (secondary N) is 1. The lowest BCUT2D eigenvalue weighted by Gasteiger charge is -2.02. The van der Waals surface area contributed by atoms with Crippen molar-refractivity contribution in [3.05, 3.63) is 41.0 Å². The summed E-state index contributed by atoms with van der Waals surface area (Å²) >= 11 is 11.5. The highest BCUT2D eigenvalue weighted by atomic mass is 35.5. The first-order valence-corrected chi connectivity index (χ1v) is 3.82. The number of halogens is 2. The summed E-state index contributed by atoms with van der Waals surface area (Å²) in [6, 6.07) is 5.21. The minimum atomic E-state index is 0.634. The average molecular weight is 188 g/mol. The highest BCUT2D eigenvalue weighted by Crippen LogP contribution is 2.24. The van der Waals surface area contributed by atoms with E-state index in [1.165, 1.54) is 0 Å². The van der Waals surface area contributed by atoms with Crippen LogP contribution in [0.1, 0.15) is 0 Å². The van der Waals surface area contributed by atoms with Crippen LogP contribution in [0.3, 0.4) is 0 Å². The molecule has 0 bridgehead atoms. The van der Waals surface area contributed by atoms with Crippen molar-refractivity contribution in [3.8, 4) is 0 Å². The summed E-state index contributed by atoms with van der Waals surface area (Å²) in [7, 11) is 0. The van der Waals surface area contributed by atoms with Gasteiger partial charge in [-0.25, -0.2) is 0 Å². The van der Waals surface area contributed by atoms with Gasteiger partial charge in [0.2, 0.25) is 0 Å². The summed E-state index contributed by atoms with van der Waals surface area (Å²) in [5.74, 6) is 0. The SMILES string of the molecule is C=CNc1cc(Cl)ccc1Cl. The number of benzene rings is 1. The van der Waals surface area contributed by atoms with E-state index in [9.17, 15) is 0 Å².